The first-order valence-electron chi connectivity index (χ1n) is 5.26. The summed E-state index contributed by atoms with van der Waals surface area (Å²) < 4.78 is 0. The number of carbonyl (C=O) groups excluding carboxylic acids is 2. The van der Waals surface area contributed by atoms with Crippen molar-refractivity contribution in [1.82, 2.24) is 0 Å². The molecule has 4 fully saturated rings. The Kier molecular flexibility index (Phi) is 0.841. The highest BCUT2D eigenvalue weighted by atomic mass is 16.1. The van der Waals surface area contributed by atoms with Gasteiger partial charge in [-0.05, 0) is 37.0 Å². The highest BCUT2D eigenvalue weighted by molar-refractivity contribution is 5.95. The summed E-state index contributed by atoms with van der Waals surface area (Å²) in [4.78, 5) is 23.1. The SMILES string of the molecule is CC(=O)[C@@H]1C2C3CC4C2C1[C@@H]4C3=O. The van der Waals surface area contributed by atoms with Crippen molar-refractivity contribution in [3.8, 4) is 0 Å². The molecule has 0 radical (unpaired) electrons. The van der Waals surface area contributed by atoms with Gasteiger partial charge in [0.05, 0.1) is 0 Å². The third-order valence-corrected chi connectivity index (χ3v) is 5.24. The van der Waals surface area contributed by atoms with Gasteiger partial charge in [0.25, 0.3) is 0 Å². The van der Waals surface area contributed by atoms with Crippen LogP contribution in [0, 0.1) is 41.4 Å². The van der Waals surface area contributed by atoms with Gasteiger partial charge in [-0.3, -0.25) is 9.59 Å². The molecule has 0 N–H and O–H groups in total. The van der Waals surface area contributed by atoms with E-state index in [1.807, 2.05) is 0 Å². The van der Waals surface area contributed by atoms with E-state index in [1.54, 1.807) is 6.92 Å². The number of fused-ring (bicyclic) bond motifs is 3. The quantitative estimate of drug-likeness (QED) is 0.595. The number of carbonyl (C=O) groups is 2. The van der Waals surface area contributed by atoms with Gasteiger partial charge in [0.2, 0.25) is 0 Å². The molecule has 0 aromatic heterocycles. The lowest BCUT2D eigenvalue weighted by Crippen LogP contribution is -2.69. The van der Waals surface area contributed by atoms with E-state index in [9.17, 15) is 9.59 Å². The number of hydrogen-bond acceptors (Lipinski definition) is 2. The lowest BCUT2D eigenvalue weighted by Gasteiger charge is -2.66. The molecular formula is C11H12O2. The first-order valence-corrected chi connectivity index (χ1v) is 5.26. The Bertz CT molecular complexity index is 342. The molecule has 0 aromatic rings. The van der Waals surface area contributed by atoms with Gasteiger partial charge in [0.15, 0.2) is 0 Å². The van der Waals surface area contributed by atoms with Crippen LogP contribution in [0.15, 0.2) is 0 Å². The molecule has 0 aromatic carbocycles. The maximum absolute atomic E-state index is 11.7. The van der Waals surface area contributed by atoms with Gasteiger partial charge in [0, 0.05) is 17.8 Å². The van der Waals surface area contributed by atoms with Crippen molar-refractivity contribution in [2.75, 3.05) is 0 Å². The Labute approximate surface area is 76.7 Å². The van der Waals surface area contributed by atoms with Gasteiger partial charge < -0.3 is 0 Å². The highest BCUT2D eigenvalue weighted by Crippen LogP contribution is 2.78. The first-order chi connectivity index (χ1) is 6.22. The van der Waals surface area contributed by atoms with Gasteiger partial charge in [-0.15, -0.1) is 0 Å². The molecule has 68 valence electrons. The summed E-state index contributed by atoms with van der Waals surface area (Å²) >= 11 is 0. The Morgan fingerprint density at radius 2 is 2.08 bits per heavy atom. The molecule has 4 saturated carbocycles. The summed E-state index contributed by atoms with van der Waals surface area (Å²) in [5.41, 5.74) is 0. The average molecular weight is 176 g/mol. The van der Waals surface area contributed by atoms with Gasteiger partial charge >= 0.3 is 0 Å². The lowest BCUT2D eigenvalue weighted by molar-refractivity contribution is -0.206. The fraction of sp³-hybridized carbons (Fsp3) is 0.818. The van der Waals surface area contributed by atoms with E-state index in [-0.39, 0.29) is 5.92 Å². The van der Waals surface area contributed by atoms with E-state index >= 15 is 0 Å². The molecule has 5 unspecified atom stereocenters. The molecule has 2 nitrogen and oxygen atoms in total. The van der Waals surface area contributed by atoms with Crippen LogP contribution < -0.4 is 0 Å². The minimum Gasteiger partial charge on any atom is -0.300 e. The summed E-state index contributed by atoms with van der Waals surface area (Å²) in [6, 6.07) is 0. The molecule has 0 heterocycles. The van der Waals surface area contributed by atoms with Crippen LogP contribution in [-0.4, -0.2) is 11.6 Å². The van der Waals surface area contributed by atoms with Gasteiger partial charge in [0.1, 0.15) is 11.6 Å². The largest absolute Gasteiger partial charge is 0.300 e. The van der Waals surface area contributed by atoms with Crippen LogP contribution in [0.5, 0.6) is 0 Å². The Morgan fingerprint density at radius 1 is 1.31 bits per heavy atom. The van der Waals surface area contributed by atoms with Crippen LogP contribution in [0.4, 0.5) is 0 Å². The van der Waals surface area contributed by atoms with Crippen LogP contribution in [0.1, 0.15) is 13.3 Å². The highest BCUT2D eigenvalue weighted by Gasteiger charge is 2.80. The third kappa shape index (κ3) is 0.441. The minimum absolute atomic E-state index is 0.288. The molecule has 7 atom stereocenters. The minimum atomic E-state index is 0.288. The van der Waals surface area contributed by atoms with Crippen LogP contribution in [0.3, 0.4) is 0 Å². The van der Waals surface area contributed by atoms with Crippen molar-refractivity contribution in [2.24, 2.45) is 41.4 Å². The van der Waals surface area contributed by atoms with Gasteiger partial charge in [-0.25, -0.2) is 0 Å². The standard InChI is InChI=1S/C11H12O2/c1-3(12)6-8-5-2-4-7(8)10(6)9(4)11(5)13/h4-10H,2H2,1H3/t4?,5?,6-,7?,8?,9-,10?/m1/s1. The molecule has 2 bridgehead atoms. The number of rotatable bonds is 1. The van der Waals surface area contributed by atoms with Crippen molar-refractivity contribution < 1.29 is 9.59 Å². The molecule has 0 saturated heterocycles. The maximum Gasteiger partial charge on any atom is 0.139 e. The van der Waals surface area contributed by atoms with Crippen LogP contribution in [-0.2, 0) is 9.59 Å². The fourth-order valence-corrected chi connectivity index (χ4v) is 5.03. The number of hydrogen-bond donors (Lipinski definition) is 0. The second kappa shape index (κ2) is 1.62. The topological polar surface area (TPSA) is 34.1 Å². The maximum atomic E-state index is 11.7. The number of ketones is 2. The van der Waals surface area contributed by atoms with E-state index < -0.39 is 0 Å². The zero-order valence-corrected chi connectivity index (χ0v) is 7.57. The summed E-state index contributed by atoms with van der Waals surface area (Å²) in [5, 5.41) is 0. The van der Waals surface area contributed by atoms with Gasteiger partial charge in [-0.2, -0.15) is 0 Å². The smallest absolute Gasteiger partial charge is 0.139 e. The lowest BCUT2D eigenvalue weighted by atomic mass is 9.36. The van der Waals surface area contributed by atoms with Crippen LogP contribution >= 0.6 is 0 Å². The predicted molar refractivity (Wildman–Crippen MR) is 44.7 cm³/mol. The molecular weight excluding hydrogens is 164 g/mol. The molecule has 13 heavy (non-hydrogen) atoms. The predicted octanol–water partition coefficient (Wildman–Crippen LogP) is 0.902. The monoisotopic (exact) mass is 176 g/mol. The molecule has 4 aliphatic rings. The molecule has 4 aliphatic carbocycles. The molecule has 0 amide bonds. The van der Waals surface area contributed by atoms with Crippen molar-refractivity contribution in [1.29, 1.82) is 0 Å². The van der Waals surface area contributed by atoms with E-state index in [0.29, 0.717) is 41.2 Å². The molecule has 0 spiro atoms. The fourth-order valence-electron chi connectivity index (χ4n) is 5.03. The second-order valence-electron chi connectivity index (χ2n) is 5.30. The van der Waals surface area contributed by atoms with E-state index in [2.05, 4.69) is 0 Å². The summed E-state index contributed by atoms with van der Waals surface area (Å²) in [5.74, 6) is 4.27. The van der Waals surface area contributed by atoms with Crippen molar-refractivity contribution in [2.45, 2.75) is 13.3 Å². The first kappa shape index (κ1) is 6.74. The molecule has 4 rings (SSSR count). The summed E-state index contributed by atoms with van der Waals surface area (Å²) in [7, 11) is 0. The van der Waals surface area contributed by atoms with Gasteiger partial charge in [-0.1, -0.05) is 0 Å². The normalized spacial score (nSPS) is 64.7. The van der Waals surface area contributed by atoms with Crippen molar-refractivity contribution >= 4 is 11.6 Å². The number of Topliss-reactive ketones (excluding diaryl/α,β-unsaturated/α-hetero) is 2. The molecule has 2 heteroatoms. The Hall–Kier alpha value is -0.660. The van der Waals surface area contributed by atoms with Crippen molar-refractivity contribution in [3.63, 3.8) is 0 Å². The summed E-state index contributed by atoms with van der Waals surface area (Å²) in [6.45, 7) is 1.70. The molecule has 0 aliphatic heterocycles. The summed E-state index contributed by atoms with van der Waals surface area (Å²) in [6.07, 6.45) is 1.12. The van der Waals surface area contributed by atoms with E-state index in [4.69, 9.17) is 0 Å². The third-order valence-electron chi connectivity index (χ3n) is 5.24. The van der Waals surface area contributed by atoms with E-state index in [1.165, 1.54) is 0 Å². The zero-order valence-electron chi connectivity index (χ0n) is 7.57. The Morgan fingerprint density at radius 3 is 2.62 bits per heavy atom. The van der Waals surface area contributed by atoms with Crippen LogP contribution in [0.25, 0.3) is 0 Å². The van der Waals surface area contributed by atoms with Crippen LogP contribution in [0.2, 0.25) is 0 Å². The Balaban J connectivity index is 1.81. The average Bonchev–Trinajstić information content (AvgIpc) is 2.36. The van der Waals surface area contributed by atoms with Crippen molar-refractivity contribution in [3.05, 3.63) is 0 Å². The second-order valence-corrected chi connectivity index (χ2v) is 5.30. The van der Waals surface area contributed by atoms with E-state index in [0.717, 1.165) is 12.3 Å². The zero-order chi connectivity index (χ0) is 8.90.